The van der Waals surface area contributed by atoms with Gasteiger partial charge in [-0.15, -0.1) is 0 Å². The SMILES string of the molecule is CC1=CCCC(C)CC(C)C(C)CC1. The van der Waals surface area contributed by atoms with E-state index in [1.54, 1.807) is 5.57 Å². The summed E-state index contributed by atoms with van der Waals surface area (Å²) in [6, 6.07) is 0. The monoisotopic (exact) mass is 194 g/mol. The van der Waals surface area contributed by atoms with Gasteiger partial charge in [0.2, 0.25) is 0 Å². The van der Waals surface area contributed by atoms with Gasteiger partial charge in [-0.25, -0.2) is 0 Å². The van der Waals surface area contributed by atoms with Crippen molar-refractivity contribution in [3.63, 3.8) is 0 Å². The molecule has 3 unspecified atom stereocenters. The fourth-order valence-electron chi connectivity index (χ4n) is 2.44. The van der Waals surface area contributed by atoms with E-state index in [0.29, 0.717) is 0 Å². The Morgan fingerprint density at radius 1 is 1.07 bits per heavy atom. The van der Waals surface area contributed by atoms with E-state index in [1.165, 1.54) is 32.1 Å². The standard InChI is InChI=1S/C14H26/c1-11-6-5-7-12(2)10-14(4)13(3)9-8-11/h6,12-14H,5,7-10H2,1-4H3. The minimum atomic E-state index is 0.902. The van der Waals surface area contributed by atoms with Crippen molar-refractivity contribution in [2.45, 2.75) is 59.8 Å². The van der Waals surface area contributed by atoms with Crippen molar-refractivity contribution in [2.75, 3.05) is 0 Å². The molecule has 0 aromatic rings. The first-order valence-electron chi connectivity index (χ1n) is 6.25. The van der Waals surface area contributed by atoms with Crippen LogP contribution in [0.1, 0.15) is 59.8 Å². The van der Waals surface area contributed by atoms with Crippen LogP contribution in [0.4, 0.5) is 0 Å². The number of hydrogen-bond acceptors (Lipinski definition) is 0. The lowest BCUT2D eigenvalue weighted by molar-refractivity contribution is 0.290. The Labute approximate surface area is 89.8 Å². The minimum Gasteiger partial charge on any atom is -0.0856 e. The molecule has 0 radical (unpaired) electrons. The first-order valence-corrected chi connectivity index (χ1v) is 6.25. The number of allylic oxidation sites excluding steroid dienone is 2. The van der Waals surface area contributed by atoms with Crippen LogP contribution in [0.3, 0.4) is 0 Å². The summed E-state index contributed by atoms with van der Waals surface area (Å²) in [5.41, 5.74) is 1.61. The predicted octanol–water partition coefficient (Wildman–Crippen LogP) is 4.81. The molecular weight excluding hydrogens is 168 g/mol. The van der Waals surface area contributed by atoms with Crippen LogP contribution in [0.5, 0.6) is 0 Å². The highest BCUT2D eigenvalue weighted by atomic mass is 14.2. The van der Waals surface area contributed by atoms with Crippen molar-refractivity contribution in [1.29, 1.82) is 0 Å². The van der Waals surface area contributed by atoms with Gasteiger partial charge >= 0.3 is 0 Å². The Balaban J connectivity index is 2.57. The third-order valence-electron chi connectivity index (χ3n) is 3.89. The molecule has 0 amide bonds. The summed E-state index contributed by atoms with van der Waals surface area (Å²) >= 11 is 0. The highest BCUT2D eigenvalue weighted by Gasteiger charge is 2.16. The summed E-state index contributed by atoms with van der Waals surface area (Å²) in [7, 11) is 0. The lowest BCUT2D eigenvalue weighted by Gasteiger charge is -2.24. The molecule has 3 atom stereocenters. The molecule has 0 aromatic heterocycles. The smallest absolute Gasteiger partial charge is 0.0320 e. The molecule has 14 heavy (non-hydrogen) atoms. The van der Waals surface area contributed by atoms with Crippen molar-refractivity contribution < 1.29 is 0 Å². The number of hydrogen-bond donors (Lipinski definition) is 0. The van der Waals surface area contributed by atoms with E-state index in [1.807, 2.05) is 0 Å². The average Bonchev–Trinajstić information content (AvgIpc) is 2.12. The fourth-order valence-corrected chi connectivity index (χ4v) is 2.44. The van der Waals surface area contributed by atoms with Crippen molar-refractivity contribution in [2.24, 2.45) is 17.8 Å². The largest absolute Gasteiger partial charge is 0.0856 e. The molecule has 1 aliphatic rings. The van der Waals surface area contributed by atoms with Crippen LogP contribution in [0.25, 0.3) is 0 Å². The van der Waals surface area contributed by atoms with E-state index >= 15 is 0 Å². The van der Waals surface area contributed by atoms with Gasteiger partial charge in [0.25, 0.3) is 0 Å². The predicted molar refractivity (Wildman–Crippen MR) is 64.3 cm³/mol. The highest BCUT2D eigenvalue weighted by Crippen LogP contribution is 2.28. The van der Waals surface area contributed by atoms with E-state index in [9.17, 15) is 0 Å². The van der Waals surface area contributed by atoms with Crippen LogP contribution in [0.2, 0.25) is 0 Å². The maximum absolute atomic E-state index is 2.46. The average molecular weight is 194 g/mol. The Bertz CT molecular complexity index is 190. The van der Waals surface area contributed by atoms with E-state index in [4.69, 9.17) is 0 Å². The zero-order valence-corrected chi connectivity index (χ0v) is 10.3. The molecule has 0 saturated carbocycles. The zero-order chi connectivity index (χ0) is 10.6. The summed E-state index contributed by atoms with van der Waals surface area (Å²) in [6.07, 6.45) is 9.27. The maximum atomic E-state index is 2.46. The first-order chi connectivity index (χ1) is 6.59. The van der Waals surface area contributed by atoms with Crippen molar-refractivity contribution in [1.82, 2.24) is 0 Å². The zero-order valence-electron chi connectivity index (χ0n) is 10.3. The van der Waals surface area contributed by atoms with Crippen LogP contribution in [0.15, 0.2) is 11.6 Å². The quantitative estimate of drug-likeness (QED) is 0.486. The minimum absolute atomic E-state index is 0.902. The van der Waals surface area contributed by atoms with Gasteiger partial charge in [0.15, 0.2) is 0 Å². The van der Waals surface area contributed by atoms with Crippen molar-refractivity contribution in [3.8, 4) is 0 Å². The Morgan fingerprint density at radius 2 is 1.79 bits per heavy atom. The third-order valence-corrected chi connectivity index (χ3v) is 3.89. The molecule has 82 valence electrons. The normalized spacial score (nSPS) is 36.3. The van der Waals surface area contributed by atoms with Crippen LogP contribution in [-0.4, -0.2) is 0 Å². The molecule has 0 fully saturated rings. The molecule has 0 heterocycles. The van der Waals surface area contributed by atoms with Gasteiger partial charge < -0.3 is 0 Å². The van der Waals surface area contributed by atoms with E-state index in [2.05, 4.69) is 33.8 Å². The van der Waals surface area contributed by atoms with E-state index < -0.39 is 0 Å². The lowest BCUT2D eigenvalue weighted by Crippen LogP contribution is -2.13. The molecule has 0 spiro atoms. The van der Waals surface area contributed by atoms with Gasteiger partial charge in [0.05, 0.1) is 0 Å². The second-order valence-corrected chi connectivity index (χ2v) is 5.46. The lowest BCUT2D eigenvalue weighted by atomic mass is 9.82. The van der Waals surface area contributed by atoms with Crippen molar-refractivity contribution >= 4 is 0 Å². The molecule has 0 aliphatic heterocycles. The van der Waals surface area contributed by atoms with Gasteiger partial charge in [0.1, 0.15) is 0 Å². The van der Waals surface area contributed by atoms with Gasteiger partial charge in [-0.1, -0.05) is 32.4 Å². The van der Waals surface area contributed by atoms with Gasteiger partial charge in [-0.2, -0.15) is 0 Å². The molecule has 0 bridgehead atoms. The molecule has 1 aliphatic carbocycles. The molecule has 1 rings (SSSR count). The number of rotatable bonds is 0. The second kappa shape index (κ2) is 5.58. The summed E-state index contributed by atoms with van der Waals surface area (Å²) in [5.74, 6) is 2.73. The fraction of sp³-hybridized carbons (Fsp3) is 0.857. The molecule has 0 heteroatoms. The molecule has 0 nitrogen and oxygen atoms in total. The van der Waals surface area contributed by atoms with Crippen LogP contribution in [0, 0.1) is 17.8 Å². The van der Waals surface area contributed by atoms with Gasteiger partial charge in [0, 0.05) is 0 Å². The second-order valence-electron chi connectivity index (χ2n) is 5.46. The summed E-state index contributed by atoms with van der Waals surface area (Å²) in [4.78, 5) is 0. The van der Waals surface area contributed by atoms with Gasteiger partial charge in [-0.3, -0.25) is 0 Å². The van der Waals surface area contributed by atoms with Gasteiger partial charge in [-0.05, 0) is 56.8 Å². The Kier molecular flexibility index (Phi) is 4.71. The molecule has 0 saturated heterocycles. The Hall–Kier alpha value is -0.260. The van der Waals surface area contributed by atoms with Crippen LogP contribution in [-0.2, 0) is 0 Å². The molecule has 0 N–H and O–H groups in total. The summed E-state index contributed by atoms with van der Waals surface area (Å²) in [6.45, 7) is 9.56. The molecular formula is C14H26. The molecule has 0 aromatic carbocycles. The van der Waals surface area contributed by atoms with Crippen molar-refractivity contribution in [3.05, 3.63) is 11.6 Å². The van der Waals surface area contributed by atoms with Crippen LogP contribution >= 0.6 is 0 Å². The van der Waals surface area contributed by atoms with Crippen LogP contribution < -0.4 is 0 Å². The first kappa shape index (κ1) is 11.8. The summed E-state index contributed by atoms with van der Waals surface area (Å²) in [5, 5.41) is 0. The summed E-state index contributed by atoms with van der Waals surface area (Å²) < 4.78 is 0. The van der Waals surface area contributed by atoms with E-state index in [0.717, 1.165) is 17.8 Å². The third kappa shape index (κ3) is 3.86. The highest BCUT2D eigenvalue weighted by molar-refractivity contribution is 4.98. The Morgan fingerprint density at radius 3 is 2.50 bits per heavy atom. The van der Waals surface area contributed by atoms with E-state index in [-0.39, 0.29) is 0 Å². The topological polar surface area (TPSA) is 0 Å². The maximum Gasteiger partial charge on any atom is -0.0320 e.